The number of carboxylic acid groups (broad SMARTS) is 1. The van der Waals surface area contributed by atoms with Crippen LogP contribution in [0.2, 0.25) is 0 Å². The molecule has 0 radical (unpaired) electrons. The highest BCUT2D eigenvalue weighted by Crippen LogP contribution is 2.36. The average molecular weight is 577 g/mol. The molecule has 4 heterocycles. The number of nitrogens with zero attached hydrogens (tertiary/aromatic N) is 4. The second-order valence-electron chi connectivity index (χ2n) is 10.8. The van der Waals surface area contributed by atoms with Crippen LogP contribution >= 0.6 is 0 Å². The summed E-state index contributed by atoms with van der Waals surface area (Å²) in [4.78, 5) is 12.0. The molecule has 2 unspecified atom stereocenters. The van der Waals surface area contributed by atoms with Crippen molar-refractivity contribution >= 4 is 27.3 Å². The average Bonchev–Trinajstić information content (AvgIpc) is 3.34. The Bertz CT molecular complexity index is 1750. The molecule has 0 aliphatic carbocycles. The highest BCUT2D eigenvalue weighted by molar-refractivity contribution is 7.84. The van der Waals surface area contributed by atoms with Gasteiger partial charge >= 0.3 is 16.3 Å². The van der Waals surface area contributed by atoms with Crippen LogP contribution in [0.25, 0.3) is 11.0 Å². The van der Waals surface area contributed by atoms with Crippen molar-refractivity contribution in [2.75, 3.05) is 6.61 Å². The second-order valence-corrected chi connectivity index (χ2v) is 12.3. The smallest absolute Gasteiger partial charge is 0.385 e. The number of hydrogen-bond acceptors (Lipinski definition) is 7. The van der Waals surface area contributed by atoms with E-state index in [-0.39, 0.29) is 19.5 Å². The fourth-order valence-electron chi connectivity index (χ4n) is 5.73. The minimum Gasteiger partial charge on any atom is -0.494 e. The molecular formula is C30H32N4O6S. The van der Waals surface area contributed by atoms with Crippen molar-refractivity contribution in [3.8, 4) is 11.5 Å². The van der Waals surface area contributed by atoms with Gasteiger partial charge in [0.15, 0.2) is 0 Å². The molecule has 10 nitrogen and oxygen atoms in total. The summed E-state index contributed by atoms with van der Waals surface area (Å²) in [6.07, 6.45) is 2.58. The van der Waals surface area contributed by atoms with E-state index in [1.165, 1.54) is 4.31 Å². The van der Waals surface area contributed by atoms with Gasteiger partial charge in [0.1, 0.15) is 17.0 Å². The zero-order chi connectivity index (χ0) is 28.7. The molecule has 41 heavy (non-hydrogen) atoms. The van der Waals surface area contributed by atoms with Crippen molar-refractivity contribution in [3.63, 3.8) is 0 Å². The molecule has 2 atom stereocenters. The van der Waals surface area contributed by atoms with Gasteiger partial charge in [-0.2, -0.15) is 12.7 Å². The number of benzene rings is 3. The first kappa shape index (κ1) is 27.2. The van der Waals surface area contributed by atoms with Crippen LogP contribution in [0.4, 0.5) is 0 Å². The van der Waals surface area contributed by atoms with Crippen molar-refractivity contribution in [2.24, 2.45) is 0 Å². The summed E-state index contributed by atoms with van der Waals surface area (Å²) in [6.45, 7) is 5.35. The molecule has 0 saturated carbocycles. The molecule has 3 aliphatic heterocycles. The van der Waals surface area contributed by atoms with Crippen LogP contribution < -0.4 is 8.92 Å². The third-order valence-corrected chi connectivity index (χ3v) is 9.31. The van der Waals surface area contributed by atoms with Crippen LogP contribution in [0.15, 0.2) is 48.5 Å². The maximum atomic E-state index is 13.1. The predicted octanol–water partition coefficient (Wildman–Crippen LogP) is 4.86. The Kier molecular flexibility index (Phi) is 7.16. The van der Waals surface area contributed by atoms with Gasteiger partial charge in [0.25, 0.3) is 0 Å². The normalized spacial score (nSPS) is 20.3. The van der Waals surface area contributed by atoms with E-state index in [0.717, 1.165) is 70.2 Å². The van der Waals surface area contributed by atoms with Gasteiger partial charge < -0.3 is 14.0 Å². The number of aryl methyl sites for hydroxylation is 3. The summed E-state index contributed by atoms with van der Waals surface area (Å²) in [6, 6.07) is 14.9. The van der Waals surface area contributed by atoms with Crippen LogP contribution in [0.5, 0.6) is 11.5 Å². The van der Waals surface area contributed by atoms with Crippen LogP contribution in [-0.4, -0.2) is 45.4 Å². The molecule has 0 spiro atoms. The largest absolute Gasteiger partial charge is 0.494 e. The monoisotopic (exact) mass is 576 g/mol. The predicted molar refractivity (Wildman–Crippen MR) is 152 cm³/mol. The van der Waals surface area contributed by atoms with Gasteiger partial charge in [-0.15, -0.1) is 5.10 Å². The number of ether oxygens (including phenoxy) is 1. The van der Waals surface area contributed by atoms with E-state index in [1.807, 2.05) is 54.9 Å². The van der Waals surface area contributed by atoms with E-state index in [2.05, 4.69) is 10.3 Å². The number of rotatable bonds is 2. The molecule has 7 rings (SSSR count). The number of carboxylic acids is 1. The molecule has 4 aromatic rings. The van der Waals surface area contributed by atoms with Crippen LogP contribution in [0.1, 0.15) is 65.0 Å². The maximum absolute atomic E-state index is 13.1. The minimum atomic E-state index is -4.03. The molecule has 3 aliphatic rings. The number of aromatic nitrogens is 3. The topological polar surface area (TPSA) is 124 Å². The van der Waals surface area contributed by atoms with Crippen LogP contribution in [0, 0.1) is 13.8 Å². The number of fused-ring (bicyclic) bond motifs is 6. The zero-order valence-corrected chi connectivity index (χ0v) is 23.9. The van der Waals surface area contributed by atoms with Gasteiger partial charge in [0.05, 0.1) is 18.5 Å². The highest BCUT2D eigenvalue weighted by Gasteiger charge is 2.32. The van der Waals surface area contributed by atoms with E-state index < -0.39 is 22.2 Å². The Morgan fingerprint density at radius 1 is 1.02 bits per heavy atom. The Morgan fingerprint density at radius 3 is 2.68 bits per heavy atom. The fourth-order valence-corrected chi connectivity index (χ4v) is 6.82. The van der Waals surface area contributed by atoms with Gasteiger partial charge in [-0.3, -0.25) is 4.79 Å². The molecule has 0 saturated heterocycles. The van der Waals surface area contributed by atoms with Crippen LogP contribution in [-0.2, 0) is 34.7 Å². The van der Waals surface area contributed by atoms with Crippen molar-refractivity contribution in [1.82, 2.24) is 19.3 Å². The van der Waals surface area contributed by atoms with Crippen molar-refractivity contribution in [1.29, 1.82) is 0 Å². The van der Waals surface area contributed by atoms with Gasteiger partial charge in [-0.25, -0.2) is 4.68 Å². The Morgan fingerprint density at radius 2 is 1.85 bits per heavy atom. The number of carbonyl (C=O) groups is 1. The molecule has 1 N–H and O–H groups in total. The Hall–Kier alpha value is -3.96. The highest BCUT2D eigenvalue weighted by atomic mass is 32.2. The summed E-state index contributed by atoms with van der Waals surface area (Å²) < 4.78 is 40.8. The third kappa shape index (κ3) is 5.39. The first-order chi connectivity index (χ1) is 19.7. The molecule has 214 valence electrons. The van der Waals surface area contributed by atoms with Gasteiger partial charge in [0, 0.05) is 31.1 Å². The molecule has 11 heteroatoms. The molecule has 1 aromatic heterocycles. The molecule has 0 fully saturated rings. The summed E-state index contributed by atoms with van der Waals surface area (Å²) in [5.41, 5.74) is 6.61. The first-order valence-corrected chi connectivity index (χ1v) is 15.2. The number of aliphatic carboxylic acids is 1. The molecule has 9 bridgehead atoms. The zero-order valence-electron chi connectivity index (χ0n) is 23.0. The summed E-state index contributed by atoms with van der Waals surface area (Å²) >= 11 is 0. The van der Waals surface area contributed by atoms with Crippen LogP contribution in [0.3, 0.4) is 0 Å². The lowest BCUT2D eigenvalue weighted by molar-refractivity contribution is -0.137. The van der Waals surface area contributed by atoms with Crippen molar-refractivity contribution < 1.29 is 27.2 Å². The van der Waals surface area contributed by atoms with Gasteiger partial charge in [0.2, 0.25) is 0 Å². The second kappa shape index (κ2) is 10.8. The SMILES string of the molecule is Cc1ccc2cc1CN1Cc3cc(ccc3OS1(=O)=O)OCCCCCn1nnc3c(C)c(ccc31)C2CC(=O)O. The van der Waals surface area contributed by atoms with E-state index in [9.17, 15) is 18.3 Å². The molecule has 3 aromatic carbocycles. The number of hydrogen-bond donors (Lipinski definition) is 1. The summed E-state index contributed by atoms with van der Waals surface area (Å²) in [7, 11) is -4.03. The minimum absolute atomic E-state index is 0.0820. The lowest BCUT2D eigenvalue weighted by Gasteiger charge is -2.29. The first-order valence-electron chi connectivity index (χ1n) is 13.8. The third-order valence-electron chi connectivity index (χ3n) is 8.03. The van der Waals surface area contributed by atoms with E-state index in [1.54, 1.807) is 12.1 Å². The fraction of sp³-hybridized carbons (Fsp3) is 0.367. The maximum Gasteiger partial charge on any atom is 0.385 e. The van der Waals surface area contributed by atoms with E-state index >= 15 is 0 Å². The molecular weight excluding hydrogens is 544 g/mol. The van der Waals surface area contributed by atoms with Gasteiger partial charge in [-0.1, -0.05) is 29.5 Å². The lowest BCUT2D eigenvalue weighted by Crippen LogP contribution is -2.37. The van der Waals surface area contributed by atoms with Crippen molar-refractivity contribution in [3.05, 3.63) is 81.9 Å². The lowest BCUT2D eigenvalue weighted by atomic mass is 9.84. The summed E-state index contributed by atoms with van der Waals surface area (Å²) in [5, 5.41) is 18.7. The Balaban J connectivity index is 1.45. The van der Waals surface area contributed by atoms with Crippen molar-refractivity contribution in [2.45, 2.75) is 65.1 Å². The van der Waals surface area contributed by atoms with E-state index in [0.29, 0.717) is 18.1 Å². The quantitative estimate of drug-likeness (QED) is 0.359. The standard InChI is InChI=1S/C30H32N4O6S/c1-19-6-7-21-14-22(19)17-33-18-23-15-24(8-11-28(23)40-41(33,37)38)39-13-5-3-4-12-34-27-10-9-25(26(21)16-29(35)36)20(2)30(27)31-32-34/h6-11,14-15,26H,3-5,12-13,16-18H2,1-2H3,(H,35,36). The van der Waals surface area contributed by atoms with Gasteiger partial charge in [-0.05, 0) is 85.2 Å². The summed E-state index contributed by atoms with van der Waals surface area (Å²) in [5.74, 6) is -0.407. The van der Waals surface area contributed by atoms with E-state index in [4.69, 9.17) is 8.92 Å². The Labute approximate surface area is 238 Å². The molecule has 0 amide bonds.